The molecule has 3 N–H and O–H groups in total. The Morgan fingerprint density at radius 1 is 1.54 bits per heavy atom. The second-order valence-electron chi connectivity index (χ2n) is 1.69. The quantitative estimate of drug-likeness (QED) is 0.497. The second-order valence-corrected chi connectivity index (χ2v) is 1.69. The molecule has 0 atom stereocenters. The number of nitrogens with zero attached hydrogens (tertiary/aromatic N) is 1. The minimum atomic E-state index is -0.635. The van der Waals surface area contributed by atoms with Crippen molar-refractivity contribution in [3.05, 3.63) is 24.9 Å². The van der Waals surface area contributed by atoms with Crippen LogP contribution < -0.4 is 11.1 Å². The van der Waals surface area contributed by atoms with Gasteiger partial charge in [0.15, 0.2) is 0 Å². The Morgan fingerprint density at radius 2 is 2.08 bits per heavy atom. The Hall–Kier alpha value is -1.58. The third kappa shape index (κ3) is 10.4. The molecule has 0 saturated carbocycles. The van der Waals surface area contributed by atoms with Gasteiger partial charge in [-0.15, -0.1) is 0 Å². The fraction of sp³-hybridized carbons (Fsp3) is 0.333. The van der Waals surface area contributed by atoms with Crippen molar-refractivity contribution in [2.75, 3.05) is 0 Å². The van der Waals surface area contributed by atoms with Crippen molar-refractivity contribution in [1.82, 2.24) is 5.32 Å². The summed E-state index contributed by atoms with van der Waals surface area (Å²) in [6, 6.07) is -0.635. The van der Waals surface area contributed by atoms with Crippen molar-refractivity contribution in [3.8, 4) is 0 Å². The number of amides is 2. The number of nitrogens with one attached hydrogen (secondary N) is 1. The van der Waals surface area contributed by atoms with Crippen LogP contribution in [0.15, 0.2) is 29.9 Å². The number of amidine groups is 1. The van der Waals surface area contributed by atoms with Gasteiger partial charge in [0.25, 0.3) is 0 Å². The monoisotopic (exact) mass is 183 g/mol. The van der Waals surface area contributed by atoms with Crippen LogP contribution in [-0.2, 0) is 0 Å². The van der Waals surface area contributed by atoms with Gasteiger partial charge in [0.05, 0.1) is 0 Å². The number of hydrogen-bond acceptors (Lipinski definition) is 2. The van der Waals surface area contributed by atoms with Gasteiger partial charge in [0.2, 0.25) is 0 Å². The molecule has 74 valence electrons. The van der Waals surface area contributed by atoms with Gasteiger partial charge in [-0.25, -0.2) is 9.79 Å². The molecule has 0 aromatic carbocycles. The first-order valence-corrected chi connectivity index (χ1v) is 4.08. The maximum atomic E-state index is 10.3. The molecule has 0 spiro atoms. The molecular formula is C9H17N3O. The summed E-state index contributed by atoms with van der Waals surface area (Å²) in [5.41, 5.74) is 4.85. The van der Waals surface area contributed by atoms with Crippen LogP contribution in [0.4, 0.5) is 4.79 Å². The maximum absolute atomic E-state index is 10.3. The Bertz CT molecular complexity index is 207. The Kier molecular flexibility index (Phi) is 11.2. The van der Waals surface area contributed by atoms with Crippen LogP contribution in [0.3, 0.4) is 0 Å². The van der Waals surface area contributed by atoms with Crippen LogP contribution in [0.5, 0.6) is 0 Å². The molecule has 13 heavy (non-hydrogen) atoms. The van der Waals surface area contributed by atoms with Crippen molar-refractivity contribution in [2.24, 2.45) is 10.7 Å². The summed E-state index contributed by atoms with van der Waals surface area (Å²) < 4.78 is 0. The predicted molar refractivity (Wildman–Crippen MR) is 56.5 cm³/mol. The first kappa shape index (κ1) is 14.0. The molecule has 0 unspecified atom stereocenters. The second kappa shape index (κ2) is 10.4. The highest BCUT2D eigenvalue weighted by Crippen LogP contribution is 1.79. The van der Waals surface area contributed by atoms with E-state index in [1.165, 1.54) is 6.20 Å². The number of hydrogen-bond donors (Lipinski definition) is 2. The van der Waals surface area contributed by atoms with E-state index in [-0.39, 0.29) is 0 Å². The predicted octanol–water partition coefficient (Wildman–Crippen LogP) is 1.80. The number of nitrogens with two attached hydrogens (primary N) is 1. The van der Waals surface area contributed by atoms with Gasteiger partial charge in [0, 0.05) is 6.20 Å². The number of rotatable bonds is 2. The van der Waals surface area contributed by atoms with E-state index in [1.54, 1.807) is 19.1 Å². The number of allylic oxidation sites excluding steroid dienone is 1. The van der Waals surface area contributed by atoms with E-state index in [1.807, 2.05) is 13.8 Å². The summed E-state index contributed by atoms with van der Waals surface area (Å²) in [5, 5.41) is 2.31. The molecular weight excluding hydrogens is 166 g/mol. The lowest BCUT2D eigenvalue weighted by Crippen LogP contribution is -2.33. The molecule has 2 amide bonds. The summed E-state index contributed by atoms with van der Waals surface area (Å²) in [6.07, 6.45) is 4.68. The summed E-state index contributed by atoms with van der Waals surface area (Å²) in [5.74, 6) is 0.384. The van der Waals surface area contributed by atoms with E-state index >= 15 is 0 Å². The number of carbonyl (C=O) groups is 1. The fourth-order valence-electron chi connectivity index (χ4n) is 0.499. The average molecular weight is 183 g/mol. The molecule has 0 aliphatic heterocycles. The van der Waals surface area contributed by atoms with E-state index < -0.39 is 6.03 Å². The number of aliphatic imine (C=N–C) groups is 1. The van der Waals surface area contributed by atoms with Crippen molar-refractivity contribution < 1.29 is 4.79 Å². The van der Waals surface area contributed by atoms with Crippen LogP contribution in [0.2, 0.25) is 0 Å². The lowest BCUT2D eigenvalue weighted by atomic mass is 10.5. The zero-order chi connectivity index (χ0) is 10.7. The van der Waals surface area contributed by atoms with E-state index in [4.69, 9.17) is 5.73 Å². The lowest BCUT2D eigenvalue weighted by molar-refractivity contribution is 0.253. The molecule has 4 nitrogen and oxygen atoms in total. The molecule has 0 heterocycles. The Morgan fingerprint density at radius 3 is 2.38 bits per heavy atom. The highest BCUT2D eigenvalue weighted by Gasteiger charge is 1.93. The van der Waals surface area contributed by atoms with E-state index in [9.17, 15) is 4.79 Å². The molecule has 0 aliphatic rings. The highest BCUT2D eigenvalue weighted by atomic mass is 16.2. The van der Waals surface area contributed by atoms with Crippen molar-refractivity contribution in [2.45, 2.75) is 20.8 Å². The lowest BCUT2D eigenvalue weighted by Gasteiger charge is -1.97. The molecule has 0 aromatic heterocycles. The Labute approximate surface area is 79.2 Å². The third-order valence-corrected chi connectivity index (χ3v) is 0.806. The van der Waals surface area contributed by atoms with Gasteiger partial charge in [-0.05, 0) is 13.0 Å². The van der Waals surface area contributed by atoms with Crippen molar-refractivity contribution in [1.29, 1.82) is 0 Å². The number of primary amides is 1. The summed E-state index contributed by atoms with van der Waals surface area (Å²) in [7, 11) is 0. The van der Waals surface area contributed by atoms with E-state index in [0.29, 0.717) is 5.84 Å². The topological polar surface area (TPSA) is 67.5 Å². The van der Waals surface area contributed by atoms with Gasteiger partial charge >= 0.3 is 6.03 Å². The smallest absolute Gasteiger partial charge is 0.317 e. The van der Waals surface area contributed by atoms with Crippen LogP contribution in [0, 0.1) is 0 Å². The van der Waals surface area contributed by atoms with Gasteiger partial charge in [-0.1, -0.05) is 26.5 Å². The minimum absolute atomic E-state index is 0.384. The normalized spacial score (nSPS) is 10.2. The SMILES string of the molecule is C=CN=C(/C=C\C)NC(N)=O.CC. The van der Waals surface area contributed by atoms with E-state index in [2.05, 4.69) is 16.9 Å². The molecule has 0 aromatic rings. The molecule has 0 saturated heterocycles. The van der Waals surface area contributed by atoms with Crippen LogP contribution in [0.25, 0.3) is 0 Å². The zero-order valence-corrected chi connectivity index (χ0v) is 8.37. The summed E-state index contributed by atoms with van der Waals surface area (Å²) in [4.78, 5) is 14.1. The standard InChI is InChI=1S/C7H11N3O.C2H6/c1-3-5-6(9-4-2)10-7(8)11;1-2/h3-5H,2H2,1H3,(H3,8,9,10,11);1-2H3/b5-3-;. The number of urea groups is 1. The highest BCUT2D eigenvalue weighted by molar-refractivity contribution is 6.03. The van der Waals surface area contributed by atoms with E-state index in [0.717, 1.165) is 0 Å². The van der Waals surface area contributed by atoms with Crippen LogP contribution in [0.1, 0.15) is 20.8 Å². The molecule has 4 heteroatoms. The fourth-order valence-corrected chi connectivity index (χ4v) is 0.499. The first-order valence-electron chi connectivity index (χ1n) is 4.08. The van der Waals surface area contributed by atoms with Crippen LogP contribution in [-0.4, -0.2) is 11.9 Å². The van der Waals surface area contributed by atoms with Gasteiger partial charge in [-0.2, -0.15) is 0 Å². The van der Waals surface area contributed by atoms with Crippen molar-refractivity contribution >= 4 is 11.9 Å². The van der Waals surface area contributed by atoms with Gasteiger partial charge < -0.3 is 5.73 Å². The zero-order valence-electron chi connectivity index (χ0n) is 8.37. The molecule has 0 rings (SSSR count). The molecule has 0 fully saturated rings. The molecule has 0 bridgehead atoms. The minimum Gasteiger partial charge on any atom is -0.351 e. The summed E-state index contributed by atoms with van der Waals surface area (Å²) >= 11 is 0. The van der Waals surface area contributed by atoms with Crippen molar-refractivity contribution in [3.63, 3.8) is 0 Å². The summed E-state index contributed by atoms with van der Waals surface area (Å²) in [6.45, 7) is 9.18. The van der Waals surface area contributed by atoms with Gasteiger partial charge in [-0.3, -0.25) is 5.32 Å². The Balaban J connectivity index is 0. The first-order chi connectivity index (χ1) is 6.20. The average Bonchev–Trinajstić information content (AvgIpc) is 2.08. The van der Waals surface area contributed by atoms with Crippen LogP contribution >= 0.6 is 0 Å². The number of carbonyl (C=O) groups excluding carboxylic acids is 1. The molecule has 0 radical (unpaired) electrons. The van der Waals surface area contributed by atoms with Gasteiger partial charge in [0.1, 0.15) is 5.84 Å². The third-order valence-electron chi connectivity index (χ3n) is 0.806. The molecule has 0 aliphatic carbocycles. The largest absolute Gasteiger partial charge is 0.351 e. The maximum Gasteiger partial charge on any atom is 0.317 e.